The van der Waals surface area contributed by atoms with E-state index >= 15 is 0 Å². The summed E-state index contributed by atoms with van der Waals surface area (Å²) in [5.41, 5.74) is 2.60. The molecule has 5 aromatic rings. The first-order chi connectivity index (χ1) is 18.3. The van der Waals surface area contributed by atoms with Crippen LogP contribution in [0.2, 0.25) is 0 Å². The molecule has 3 heterocycles. The van der Waals surface area contributed by atoms with Crippen LogP contribution in [0.3, 0.4) is 0 Å². The second-order valence-corrected chi connectivity index (χ2v) is 11.6. The topological polar surface area (TPSA) is 106 Å². The number of nitrogens with one attached hydrogen (secondary N) is 1. The summed E-state index contributed by atoms with van der Waals surface area (Å²) in [5.74, 6) is -0.280. The Balaban J connectivity index is 1.19. The van der Waals surface area contributed by atoms with Gasteiger partial charge in [-0.25, -0.2) is 4.79 Å². The number of rotatable bonds is 7. The molecule has 1 atom stereocenters. The number of carbonyl (C=O) groups is 2. The number of thiophene rings is 2. The van der Waals surface area contributed by atoms with Gasteiger partial charge < -0.3 is 9.84 Å². The number of nitrogens with zero attached hydrogens (tertiary/aromatic N) is 3. The Bertz CT molecular complexity index is 1620. The monoisotopic (exact) mass is 544 g/mol. The molecule has 0 unspecified atom stereocenters. The molecule has 2 aromatic carbocycles. The largest absolute Gasteiger partial charge is 0.481 e. The first-order valence-corrected chi connectivity index (χ1v) is 13.8. The SMILES string of the molecule is Cc1nnn(-c2ccc(-c3cc4sc(C5(C(=O)O)CC5)cc4s3)cc2)c1NC(=O)O[C@H](C)c1ccccc1. The van der Waals surface area contributed by atoms with Gasteiger partial charge in [-0.15, -0.1) is 27.8 Å². The van der Waals surface area contributed by atoms with Crippen molar-refractivity contribution in [2.75, 3.05) is 5.32 Å². The molecule has 6 rings (SSSR count). The first-order valence-electron chi connectivity index (χ1n) is 12.2. The van der Waals surface area contributed by atoms with Crippen LogP contribution in [0.15, 0.2) is 66.7 Å². The van der Waals surface area contributed by atoms with Crippen LogP contribution in [-0.4, -0.2) is 32.2 Å². The molecule has 3 aromatic heterocycles. The first kappa shape index (κ1) is 24.3. The molecular weight excluding hydrogens is 520 g/mol. The molecule has 1 saturated carbocycles. The lowest BCUT2D eigenvalue weighted by Gasteiger charge is -2.15. The highest BCUT2D eigenvalue weighted by Crippen LogP contribution is 2.53. The van der Waals surface area contributed by atoms with Crippen molar-refractivity contribution in [3.63, 3.8) is 0 Å². The Hall–Kier alpha value is -4.02. The van der Waals surface area contributed by atoms with Gasteiger partial charge in [0.05, 0.1) is 5.69 Å². The summed E-state index contributed by atoms with van der Waals surface area (Å²) in [6.45, 7) is 3.60. The Kier molecular flexibility index (Phi) is 6.00. The van der Waals surface area contributed by atoms with Crippen molar-refractivity contribution in [3.8, 4) is 16.1 Å². The third kappa shape index (κ3) is 4.35. The molecule has 1 amide bonds. The van der Waals surface area contributed by atoms with E-state index in [0.29, 0.717) is 24.4 Å². The molecule has 8 nitrogen and oxygen atoms in total. The Labute approximate surface area is 226 Å². The molecular formula is C28H24N4O4S2. The average Bonchev–Trinajstić information content (AvgIpc) is 3.32. The highest BCUT2D eigenvalue weighted by Gasteiger charge is 2.53. The van der Waals surface area contributed by atoms with Crippen LogP contribution in [0, 0.1) is 6.92 Å². The Morgan fingerprint density at radius 3 is 2.42 bits per heavy atom. The van der Waals surface area contributed by atoms with Crippen LogP contribution in [0.5, 0.6) is 0 Å². The van der Waals surface area contributed by atoms with Gasteiger partial charge in [0.15, 0.2) is 5.82 Å². The molecule has 2 N–H and O–H groups in total. The van der Waals surface area contributed by atoms with E-state index in [1.54, 1.807) is 34.3 Å². The number of aryl methyl sites for hydroxylation is 1. The summed E-state index contributed by atoms with van der Waals surface area (Å²) in [4.78, 5) is 26.4. The van der Waals surface area contributed by atoms with E-state index in [9.17, 15) is 14.7 Å². The average molecular weight is 545 g/mol. The van der Waals surface area contributed by atoms with E-state index in [-0.39, 0.29) is 0 Å². The zero-order chi connectivity index (χ0) is 26.4. The predicted octanol–water partition coefficient (Wildman–Crippen LogP) is 6.94. The quantitative estimate of drug-likeness (QED) is 0.230. The Morgan fingerprint density at radius 2 is 1.76 bits per heavy atom. The minimum Gasteiger partial charge on any atom is -0.481 e. The molecule has 0 radical (unpaired) electrons. The summed E-state index contributed by atoms with van der Waals surface area (Å²) < 4.78 is 9.35. The molecule has 0 aliphatic heterocycles. The summed E-state index contributed by atoms with van der Waals surface area (Å²) in [7, 11) is 0. The maximum atomic E-state index is 12.6. The lowest BCUT2D eigenvalue weighted by molar-refractivity contribution is -0.139. The summed E-state index contributed by atoms with van der Waals surface area (Å²) >= 11 is 3.24. The van der Waals surface area contributed by atoms with Crippen LogP contribution in [0.25, 0.3) is 25.5 Å². The van der Waals surface area contributed by atoms with Crippen molar-refractivity contribution < 1.29 is 19.4 Å². The van der Waals surface area contributed by atoms with Crippen LogP contribution < -0.4 is 5.32 Å². The normalized spacial score (nSPS) is 14.8. The molecule has 1 aliphatic carbocycles. The fourth-order valence-corrected chi connectivity index (χ4v) is 7.07. The van der Waals surface area contributed by atoms with Gasteiger partial charge in [0, 0.05) is 19.2 Å². The lowest BCUT2D eigenvalue weighted by Crippen LogP contribution is -2.18. The standard InChI is InChI=1S/C28H24N4O4S2/c1-16-25(29-27(35)36-17(2)18-6-4-3-5-7-18)32(31-30-16)20-10-8-19(9-11-20)21-14-22-23(37-21)15-24(38-22)28(12-13-28)26(33)34/h3-11,14-15,17H,12-13H2,1-2H3,(H,29,35)(H,33,34)/t17-/m1/s1. The number of aliphatic carboxylic acids is 1. The number of benzene rings is 2. The Morgan fingerprint density at radius 1 is 1.05 bits per heavy atom. The number of carbonyl (C=O) groups excluding carboxylic acids is 1. The highest BCUT2D eigenvalue weighted by atomic mass is 32.1. The van der Waals surface area contributed by atoms with Crippen molar-refractivity contribution in [2.45, 2.75) is 38.2 Å². The number of hydrogen-bond acceptors (Lipinski definition) is 7. The van der Waals surface area contributed by atoms with Crippen LogP contribution in [0.4, 0.5) is 10.6 Å². The molecule has 10 heteroatoms. The number of ether oxygens (including phenoxy) is 1. The maximum absolute atomic E-state index is 12.6. The van der Waals surface area contributed by atoms with Crippen molar-refractivity contribution in [1.29, 1.82) is 0 Å². The number of carboxylic acids is 1. The van der Waals surface area contributed by atoms with Gasteiger partial charge in [-0.1, -0.05) is 47.7 Å². The molecule has 0 saturated heterocycles. The third-order valence-electron chi connectivity index (χ3n) is 6.85. The smallest absolute Gasteiger partial charge is 0.413 e. The number of hydrogen-bond donors (Lipinski definition) is 2. The second-order valence-electron chi connectivity index (χ2n) is 9.40. The van der Waals surface area contributed by atoms with Gasteiger partial charge in [-0.05, 0) is 62.1 Å². The molecule has 1 aliphatic rings. The van der Waals surface area contributed by atoms with Gasteiger partial charge in [-0.3, -0.25) is 10.1 Å². The van der Waals surface area contributed by atoms with Crippen molar-refractivity contribution in [2.24, 2.45) is 0 Å². The van der Waals surface area contributed by atoms with Crippen molar-refractivity contribution in [3.05, 3.63) is 82.9 Å². The number of amides is 1. The lowest BCUT2D eigenvalue weighted by atomic mass is 10.1. The minimum absolute atomic E-state index is 0.407. The van der Waals surface area contributed by atoms with E-state index in [1.807, 2.05) is 67.6 Å². The fraction of sp³-hybridized carbons (Fsp3) is 0.214. The van der Waals surface area contributed by atoms with E-state index in [1.165, 1.54) is 0 Å². The van der Waals surface area contributed by atoms with Gasteiger partial charge in [0.1, 0.15) is 17.2 Å². The molecule has 0 bridgehead atoms. The van der Waals surface area contributed by atoms with Gasteiger partial charge in [0.2, 0.25) is 0 Å². The predicted molar refractivity (Wildman–Crippen MR) is 148 cm³/mol. The van der Waals surface area contributed by atoms with E-state index < -0.39 is 23.6 Å². The summed E-state index contributed by atoms with van der Waals surface area (Å²) in [6, 6.07) is 21.6. The van der Waals surface area contributed by atoms with E-state index in [0.717, 1.165) is 36.0 Å². The molecule has 0 spiro atoms. The van der Waals surface area contributed by atoms with Crippen LogP contribution >= 0.6 is 22.7 Å². The number of anilines is 1. The maximum Gasteiger partial charge on any atom is 0.413 e. The van der Waals surface area contributed by atoms with Crippen LogP contribution in [0.1, 0.15) is 42.0 Å². The second kappa shape index (κ2) is 9.38. The summed E-state index contributed by atoms with van der Waals surface area (Å²) in [6.07, 6.45) is 0.439. The third-order valence-corrected chi connectivity index (χ3v) is 9.39. The fourth-order valence-electron chi connectivity index (χ4n) is 4.43. The van der Waals surface area contributed by atoms with Gasteiger partial charge in [-0.2, -0.15) is 4.68 Å². The van der Waals surface area contributed by atoms with Crippen molar-refractivity contribution in [1.82, 2.24) is 15.0 Å². The van der Waals surface area contributed by atoms with Crippen LogP contribution in [-0.2, 0) is 14.9 Å². The molecule has 38 heavy (non-hydrogen) atoms. The minimum atomic E-state index is -0.724. The van der Waals surface area contributed by atoms with Gasteiger partial charge in [0.25, 0.3) is 0 Å². The highest BCUT2D eigenvalue weighted by molar-refractivity contribution is 7.29. The van der Waals surface area contributed by atoms with Crippen molar-refractivity contribution >= 4 is 50.0 Å². The van der Waals surface area contributed by atoms with Gasteiger partial charge >= 0.3 is 12.1 Å². The molecule has 1 fully saturated rings. The summed E-state index contributed by atoms with van der Waals surface area (Å²) in [5, 5.41) is 20.7. The van der Waals surface area contributed by atoms with E-state index in [2.05, 4.69) is 21.7 Å². The number of carboxylic acid groups (broad SMARTS) is 1. The zero-order valence-corrected chi connectivity index (χ0v) is 22.3. The zero-order valence-electron chi connectivity index (χ0n) is 20.7. The van der Waals surface area contributed by atoms with E-state index in [4.69, 9.17) is 4.74 Å². The number of fused-ring (bicyclic) bond motifs is 1. The molecule has 192 valence electrons. The number of aromatic nitrogens is 3.